The lowest BCUT2D eigenvalue weighted by Gasteiger charge is -2.33. The van der Waals surface area contributed by atoms with Crippen LogP contribution in [0.3, 0.4) is 0 Å². The summed E-state index contributed by atoms with van der Waals surface area (Å²) >= 11 is 3.40. The normalized spacial score (nSPS) is 17.4. The fraction of sp³-hybridized carbons (Fsp3) is 0.450. The molecular weight excluding hydrogens is 360 g/mol. The van der Waals surface area contributed by atoms with E-state index in [1.54, 1.807) is 11.8 Å². The molecule has 3 aromatic heterocycles. The molecule has 3 heterocycles. The van der Waals surface area contributed by atoms with Gasteiger partial charge in [-0.1, -0.05) is 38.6 Å². The summed E-state index contributed by atoms with van der Waals surface area (Å²) in [5, 5.41) is 1.84. The Hall–Kier alpha value is -1.66. The number of aryl methyl sites for hydroxylation is 1. The Kier molecular flexibility index (Phi) is 4.65. The minimum Gasteiger partial charge on any atom is -0.383 e. The van der Waals surface area contributed by atoms with Gasteiger partial charge in [-0.25, -0.2) is 9.97 Å². The van der Waals surface area contributed by atoms with Gasteiger partial charge in [-0.15, -0.1) is 11.3 Å². The fourth-order valence-corrected chi connectivity index (χ4v) is 5.74. The molecule has 3 aromatic rings. The van der Waals surface area contributed by atoms with Crippen LogP contribution in [0.2, 0.25) is 0 Å². The molecule has 136 valence electrons. The zero-order valence-electron chi connectivity index (χ0n) is 15.5. The van der Waals surface area contributed by atoms with Crippen molar-refractivity contribution in [3.63, 3.8) is 0 Å². The average Bonchev–Trinajstić information content (AvgIpc) is 2.98. The van der Waals surface area contributed by atoms with Crippen molar-refractivity contribution in [2.24, 2.45) is 11.3 Å². The molecule has 0 fully saturated rings. The van der Waals surface area contributed by atoms with Gasteiger partial charge in [0.25, 0.3) is 0 Å². The number of rotatable bonds is 3. The molecule has 4 nitrogen and oxygen atoms in total. The number of hydrogen-bond donors (Lipinski definition) is 1. The number of fused-ring (bicyclic) bond motifs is 3. The molecule has 1 unspecified atom stereocenters. The summed E-state index contributed by atoms with van der Waals surface area (Å²) in [6.45, 7) is 7.03. The summed E-state index contributed by atoms with van der Waals surface area (Å²) in [5.41, 5.74) is 9.10. The highest BCUT2D eigenvalue weighted by Gasteiger charge is 2.31. The number of aromatic nitrogens is 3. The maximum absolute atomic E-state index is 6.34. The van der Waals surface area contributed by atoms with E-state index in [9.17, 15) is 0 Å². The molecule has 1 aliphatic rings. The fourth-order valence-electron chi connectivity index (χ4n) is 3.61. The number of thioether (sulfide) groups is 1. The van der Waals surface area contributed by atoms with Gasteiger partial charge in [-0.2, -0.15) is 0 Å². The molecule has 0 aliphatic heterocycles. The van der Waals surface area contributed by atoms with Crippen molar-refractivity contribution >= 4 is 39.1 Å². The van der Waals surface area contributed by atoms with E-state index in [0.717, 1.165) is 45.6 Å². The maximum Gasteiger partial charge on any atom is 0.191 e. The predicted molar refractivity (Wildman–Crippen MR) is 111 cm³/mol. The lowest BCUT2D eigenvalue weighted by molar-refractivity contribution is 0.218. The second-order valence-electron chi connectivity index (χ2n) is 7.99. The molecule has 1 atom stereocenters. The third kappa shape index (κ3) is 3.45. The smallest absolute Gasteiger partial charge is 0.191 e. The van der Waals surface area contributed by atoms with E-state index in [1.165, 1.54) is 16.9 Å². The molecule has 6 heteroatoms. The second-order valence-corrected chi connectivity index (χ2v) is 10.0. The standard InChI is InChI=1S/C20H24N4S2/c1-20(2,3)12-7-8-14-15(10-12)26-18-16(14)17(21)23-19(24-18)25-11-13-6-4-5-9-22-13/h4-6,9,12H,7-8,10-11H2,1-3H3,(H2,21,23,24). The number of hydrogen-bond acceptors (Lipinski definition) is 6. The van der Waals surface area contributed by atoms with E-state index in [-0.39, 0.29) is 0 Å². The molecule has 0 saturated heterocycles. The molecule has 0 radical (unpaired) electrons. The Morgan fingerprint density at radius 3 is 2.85 bits per heavy atom. The van der Waals surface area contributed by atoms with Crippen molar-refractivity contribution in [1.29, 1.82) is 0 Å². The number of pyridine rings is 1. The first kappa shape index (κ1) is 17.7. The molecule has 2 N–H and O–H groups in total. The van der Waals surface area contributed by atoms with Crippen LogP contribution >= 0.6 is 23.1 Å². The van der Waals surface area contributed by atoms with E-state index in [1.807, 2.05) is 35.7 Å². The van der Waals surface area contributed by atoms with Crippen LogP contribution in [0, 0.1) is 11.3 Å². The summed E-state index contributed by atoms with van der Waals surface area (Å²) in [6, 6.07) is 5.95. The number of nitrogens with two attached hydrogens (primary N) is 1. The van der Waals surface area contributed by atoms with Crippen molar-refractivity contribution in [3.8, 4) is 0 Å². The van der Waals surface area contributed by atoms with Crippen LogP contribution in [-0.4, -0.2) is 15.0 Å². The topological polar surface area (TPSA) is 64.7 Å². The minimum absolute atomic E-state index is 0.342. The van der Waals surface area contributed by atoms with Gasteiger partial charge >= 0.3 is 0 Å². The largest absolute Gasteiger partial charge is 0.383 e. The van der Waals surface area contributed by atoms with E-state index >= 15 is 0 Å². The summed E-state index contributed by atoms with van der Waals surface area (Å²) < 4.78 is 0. The zero-order chi connectivity index (χ0) is 18.3. The Labute approximate surface area is 162 Å². The highest BCUT2D eigenvalue weighted by Crippen LogP contribution is 2.44. The zero-order valence-corrected chi connectivity index (χ0v) is 17.1. The Morgan fingerprint density at radius 1 is 1.27 bits per heavy atom. The molecular formula is C20H24N4S2. The first-order valence-electron chi connectivity index (χ1n) is 9.02. The van der Waals surface area contributed by atoms with Crippen LogP contribution in [0.5, 0.6) is 0 Å². The average molecular weight is 385 g/mol. The van der Waals surface area contributed by atoms with E-state index in [0.29, 0.717) is 11.2 Å². The van der Waals surface area contributed by atoms with Crippen LogP contribution in [0.4, 0.5) is 5.82 Å². The van der Waals surface area contributed by atoms with Crippen LogP contribution < -0.4 is 5.73 Å². The molecule has 0 amide bonds. The van der Waals surface area contributed by atoms with Crippen LogP contribution in [-0.2, 0) is 18.6 Å². The van der Waals surface area contributed by atoms with Gasteiger partial charge in [0.2, 0.25) is 0 Å². The van der Waals surface area contributed by atoms with Crippen molar-refractivity contribution < 1.29 is 0 Å². The monoisotopic (exact) mass is 384 g/mol. The first-order chi connectivity index (χ1) is 12.4. The highest BCUT2D eigenvalue weighted by molar-refractivity contribution is 7.98. The molecule has 26 heavy (non-hydrogen) atoms. The molecule has 0 aromatic carbocycles. The quantitative estimate of drug-likeness (QED) is 0.502. The number of nitrogens with zero attached hydrogens (tertiary/aromatic N) is 3. The van der Waals surface area contributed by atoms with Crippen LogP contribution in [0.1, 0.15) is 43.3 Å². The Morgan fingerprint density at radius 2 is 2.12 bits per heavy atom. The number of anilines is 1. The number of nitrogen functional groups attached to an aromatic ring is 1. The molecule has 1 aliphatic carbocycles. The van der Waals surface area contributed by atoms with E-state index in [4.69, 9.17) is 10.7 Å². The van der Waals surface area contributed by atoms with Crippen molar-refractivity contribution in [3.05, 3.63) is 40.5 Å². The molecule has 4 rings (SSSR count). The SMILES string of the molecule is CC(C)(C)C1CCc2c(sc3nc(SCc4ccccn4)nc(N)c23)C1. The third-order valence-electron chi connectivity index (χ3n) is 5.22. The third-order valence-corrected chi connectivity index (χ3v) is 7.25. The first-order valence-corrected chi connectivity index (χ1v) is 10.8. The van der Waals surface area contributed by atoms with Gasteiger partial charge in [-0.05, 0) is 48.3 Å². The van der Waals surface area contributed by atoms with Gasteiger partial charge in [0.05, 0.1) is 11.1 Å². The minimum atomic E-state index is 0.342. The van der Waals surface area contributed by atoms with Gasteiger partial charge in [-0.3, -0.25) is 4.98 Å². The summed E-state index contributed by atoms with van der Waals surface area (Å²) in [7, 11) is 0. The van der Waals surface area contributed by atoms with Gasteiger partial charge < -0.3 is 5.73 Å². The lowest BCUT2D eigenvalue weighted by atomic mass is 9.72. The number of thiophene rings is 1. The van der Waals surface area contributed by atoms with Crippen molar-refractivity contribution in [2.45, 2.75) is 50.9 Å². The van der Waals surface area contributed by atoms with Gasteiger partial charge in [0.15, 0.2) is 5.16 Å². The van der Waals surface area contributed by atoms with Crippen molar-refractivity contribution in [2.75, 3.05) is 5.73 Å². The van der Waals surface area contributed by atoms with E-state index in [2.05, 4.69) is 30.7 Å². The van der Waals surface area contributed by atoms with Crippen LogP contribution in [0.25, 0.3) is 10.2 Å². The summed E-state index contributed by atoms with van der Waals surface area (Å²) in [4.78, 5) is 16.2. The molecule has 0 bridgehead atoms. The summed E-state index contributed by atoms with van der Waals surface area (Å²) in [6.07, 6.45) is 5.26. The predicted octanol–water partition coefficient (Wildman–Crippen LogP) is 5.11. The van der Waals surface area contributed by atoms with E-state index < -0.39 is 0 Å². The summed E-state index contributed by atoms with van der Waals surface area (Å²) in [5.74, 6) is 2.10. The highest BCUT2D eigenvalue weighted by atomic mass is 32.2. The molecule has 0 saturated carbocycles. The maximum atomic E-state index is 6.34. The Bertz CT molecular complexity index is 928. The van der Waals surface area contributed by atoms with Gasteiger partial charge in [0, 0.05) is 16.8 Å². The van der Waals surface area contributed by atoms with Gasteiger partial charge in [0.1, 0.15) is 10.6 Å². The lowest BCUT2D eigenvalue weighted by Crippen LogP contribution is -2.26. The van der Waals surface area contributed by atoms with Crippen molar-refractivity contribution in [1.82, 2.24) is 15.0 Å². The Balaban J connectivity index is 1.62. The van der Waals surface area contributed by atoms with Crippen LogP contribution in [0.15, 0.2) is 29.6 Å². The second kappa shape index (κ2) is 6.82. The molecule has 0 spiro atoms.